The summed E-state index contributed by atoms with van der Waals surface area (Å²) in [4.78, 5) is 39.2. The van der Waals surface area contributed by atoms with Crippen LogP contribution in [0.2, 0.25) is 0 Å². The van der Waals surface area contributed by atoms with Crippen LogP contribution in [0.15, 0.2) is 11.6 Å². The minimum Gasteiger partial charge on any atom is -0.480 e. The van der Waals surface area contributed by atoms with Crippen LogP contribution >= 0.6 is 11.8 Å². The SMILES string of the molecule is C[C@@]1(/C=C2/CCN(C3CC3)C2=O)S[C@@H]2CC(=O)N2[C@H]1C(=O)O. The predicted molar refractivity (Wildman–Crippen MR) is 80.1 cm³/mol. The molecule has 0 unspecified atom stereocenters. The van der Waals surface area contributed by atoms with Gasteiger partial charge in [-0.2, -0.15) is 0 Å². The number of hydrogen-bond acceptors (Lipinski definition) is 4. The van der Waals surface area contributed by atoms with E-state index in [2.05, 4.69) is 0 Å². The van der Waals surface area contributed by atoms with Crippen molar-refractivity contribution < 1.29 is 19.5 Å². The van der Waals surface area contributed by atoms with Gasteiger partial charge in [-0.15, -0.1) is 11.8 Å². The molecule has 1 N–H and O–H groups in total. The maximum atomic E-state index is 12.5. The molecule has 0 bridgehead atoms. The molecule has 0 aromatic carbocycles. The number of aliphatic carboxylic acids is 1. The van der Waals surface area contributed by atoms with Crippen LogP contribution in [0.5, 0.6) is 0 Å². The molecule has 1 saturated carbocycles. The lowest BCUT2D eigenvalue weighted by Gasteiger charge is -2.36. The molecule has 118 valence electrons. The highest BCUT2D eigenvalue weighted by Crippen LogP contribution is 2.52. The fourth-order valence-corrected chi connectivity index (χ4v) is 5.49. The van der Waals surface area contributed by atoms with Crippen molar-refractivity contribution >= 4 is 29.5 Å². The van der Waals surface area contributed by atoms with Crippen molar-refractivity contribution in [3.8, 4) is 0 Å². The van der Waals surface area contributed by atoms with Gasteiger partial charge in [0.05, 0.1) is 16.5 Å². The summed E-state index contributed by atoms with van der Waals surface area (Å²) in [5.41, 5.74) is 0.711. The number of nitrogens with zero attached hydrogens (tertiary/aromatic N) is 2. The van der Waals surface area contributed by atoms with Crippen molar-refractivity contribution in [2.24, 2.45) is 0 Å². The average molecular weight is 322 g/mol. The summed E-state index contributed by atoms with van der Waals surface area (Å²) in [6, 6.07) is -0.488. The summed E-state index contributed by atoms with van der Waals surface area (Å²) >= 11 is 1.49. The van der Waals surface area contributed by atoms with Crippen molar-refractivity contribution in [3.05, 3.63) is 11.6 Å². The average Bonchev–Trinajstić information content (AvgIpc) is 3.17. The third kappa shape index (κ3) is 1.91. The molecule has 4 rings (SSSR count). The number of fused-ring (bicyclic) bond motifs is 1. The van der Waals surface area contributed by atoms with Crippen molar-refractivity contribution in [2.45, 2.75) is 54.8 Å². The standard InChI is InChI=1S/C15H18N2O4S/c1-15(7-8-4-5-16(13(8)19)9-2-3-9)12(14(20)21)17-10(18)6-11(17)22-15/h7,9,11-12H,2-6H2,1H3,(H,20,21)/b8-7-/t11-,12+,15+/m1/s1. The summed E-state index contributed by atoms with van der Waals surface area (Å²) in [6.45, 7) is 2.57. The van der Waals surface area contributed by atoms with Gasteiger partial charge < -0.3 is 14.9 Å². The summed E-state index contributed by atoms with van der Waals surface area (Å²) in [5, 5.41) is 9.48. The van der Waals surface area contributed by atoms with Gasteiger partial charge in [-0.1, -0.05) is 6.08 Å². The van der Waals surface area contributed by atoms with E-state index in [0.29, 0.717) is 24.5 Å². The molecule has 7 heteroatoms. The van der Waals surface area contributed by atoms with Gasteiger partial charge in [-0.3, -0.25) is 9.59 Å². The number of carbonyl (C=O) groups excluding carboxylic acids is 2. The van der Waals surface area contributed by atoms with Crippen LogP contribution in [0.4, 0.5) is 0 Å². The van der Waals surface area contributed by atoms with Crippen LogP contribution in [0, 0.1) is 0 Å². The maximum Gasteiger partial charge on any atom is 0.328 e. The number of thioether (sulfide) groups is 1. The minimum absolute atomic E-state index is 0.0500. The van der Waals surface area contributed by atoms with Gasteiger partial charge in [-0.05, 0) is 26.2 Å². The highest BCUT2D eigenvalue weighted by Gasteiger charge is 2.60. The molecular formula is C15H18N2O4S. The van der Waals surface area contributed by atoms with E-state index in [1.807, 2.05) is 17.9 Å². The molecule has 0 radical (unpaired) electrons. The number of carboxylic acids is 1. The molecule has 4 fully saturated rings. The maximum absolute atomic E-state index is 12.5. The van der Waals surface area contributed by atoms with Crippen molar-refractivity contribution in [1.82, 2.24) is 9.80 Å². The molecule has 22 heavy (non-hydrogen) atoms. The van der Waals surface area contributed by atoms with Gasteiger partial charge in [0.1, 0.15) is 6.04 Å². The normalized spacial score (nSPS) is 39.4. The number of hydrogen-bond donors (Lipinski definition) is 1. The molecular weight excluding hydrogens is 304 g/mol. The van der Waals surface area contributed by atoms with E-state index < -0.39 is 16.8 Å². The summed E-state index contributed by atoms with van der Waals surface area (Å²) in [7, 11) is 0. The third-order valence-electron chi connectivity index (χ3n) is 5.00. The van der Waals surface area contributed by atoms with Crippen molar-refractivity contribution in [3.63, 3.8) is 0 Å². The molecule has 3 saturated heterocycles. The quantitative estimate of drug-likeness (QED) is 0.615. The summed E-state index contributed by atoms with van der Waals surface area (Å²) in [6.07, 6.45) is 5.05. The largest absolute Gasteiger partial charge is 0.480 e. The van der Waals surface area contributed by atoms with E-state index in [9.17, 15) is 19.5 Å². The first-order valence-corrected chi connectivity index (χ1v) is 8.53. The zero-order chi connectivity index (χ0) is 15.6. The van der Waals surface area contributed by atoms with Gasteiger partial charge in [-0.25, -0.2) is 4.79 Å². The van der Waals surface area contributed by atoms with E-state index in [1.54, 1.807) is 0 Å². The lowest BCUT2D eigenvalue weighted by molar-refractivity contribution is -0.156. The highest BCUT2D eigenvalue weighted by molar-refractivity contribution is 8.01. The van der Waals surface area contributed by atoms with E-state index in [1.165, 1.54) is 16.7 Å². The Morgan fingerprint density at radius 1 is 1.41 bits per heavy atom. The second-order valence-electron chi connectivity index (χ2n) is 6.65. The van der Waals surface area contributed by atoms with Gasteiger partial charge in [0.15, 0.2) is 0 Å². The lowest BCUT2D eigenvalue weighted by atomic mass is 9.94. The zero-order valence-corrected chi connectivity index (χ0v) is 13.1. The fraction of sp³-hybridized carbons (Fsp3) is 0.667. The molecule has 6 nitrogen and oxygen atoms in total. The number of carboxylic acid groups (broad SMARTS) is 1. The van der Waals surface area contributed by atoms with Crippen molar-refractivity contribution in [1.29, 1.82) is 0 Å². The first kappa shape index (κ1) is 14.1. The number of likely N-dealkylation sites (tertiary alicyclic amines) is 1. The van der Waals surface area contributed by atoms with Crippen LogP contribution in [-0.2, 0) is 14.4 Å². The van der Waals surface area contributed by atoms with E-state index >= 15 is 0 Å². The Hall–Kier alpha value is -1.50. The molecule has 3 aliphatic heterocycles. The Balaban J connectivity index is 1.63. The van der Waals surface area contributed by atoms with Crippen LogP contribution < -0.4 is 0 Å². The minimum atomic E-state index is -0.994. The second-order valence-corrected chi connectivity index (χ2v) is 8.31. The molecule has 1 aliphatic carbocycles. The number of β-lactam (4-membered cyclic amide) rings is 1. The van der Waals surface area contributed by atoms with E-state index in [0.717, 1.165) is 19.4 Å². The number of rotatable bonds is 3. The van der Waals surface area contributed by atoms with E-state index in [-0.39, 0.29) is 17.2 Å². The second kappa shape index (κ2) is 4.50. The highest BCUT2D eigenvalue weighted by atomic mass is 32.2. The zero-order valence-electron chi connectivity index (χ0n) is 12.3. The third-order valence-corrected chi connectivity index (χ3v) is 6.51. The van der Waals surface area contributed by atoms with Crippen LogP contribution in [0.1, 0.15) is 32.6 Å². The predicted octanol–water partition coefficient (Wildman–Crippen LogP) is 0.825. The first-order chi connectivity index (χ1) is 10.4. The van der Waals surface area contributed by atoms with Crippen molar-refractivity contribution in [2.75, 3.05) is 6.54 Å². The van der Waals surface area contributed by atoms with Gasteiger partial charge in [0, 0.05) is 18.2 Å². The molecule has 4 aliphatic rings. The van der Waals surface area contributed by atoms with E-state index in [4.69, 9.17) is 0 Å². The smallest absolute Gasteiger partial charge is 0.328 e. The Kier molecular flexibility index (Phi) is 2.89. The molecule has 3 atom stereocenters. The lowest BCUT2D eigenvalue weighted by Crippen LogP contribution is -2.57. The van der Waals surface area contributed by atoms with Gasteiger partial charge in [0.25, 0.3) is 0 Å². The Labute approximate surface area is 132 Å². The fourth-order valence-electron chi connectivity index (χ4n) is 3.77. The number of carbonyl (C=O) groups is 3. The number of amides is 2. The van der Waals surface area contributed by atoms with Crippen LogP contribution in [0.25, 0.3) is 0 Å². The Morgan fingerprint density at radius 3 is 2.73 bits per heavy atom. The topological polar surface area (TPSA) is 77.9 Å². The Bertz CT molecular complexity index is 615. The Morgan fingerprint density at radius 2 is 2.14 bits per heavy atom. The molecule has 2 amide bonds. The molecule has 3 heterocycles. The molecule has 0 aromatic heterocycles. The van der Waals surface area contributed by atoms with Gasteiger partial charge in [0.2, 0.25) is 11.8 Å². The summed E-state index contributed by atoms with van der Waals surface area (Å²) < 4.78 is -0.729. The first-order valence-electron chi connectivity index (χ1n) is 7.65. The van der Waals surface area contributed by atoms with Crippen LogP contribution in [-0.4, -0.2) is 61.4 Å². The summed E-state index contributed by atoms with van der Waals surface area (Å²) in [5.74, 6) is -1.05. The monoisotopic (exact) mass is 322 g/mol. The molecule has 0 spiro atoms. The van der Waals surface area contributed by atoms with Gasteiger partial charge >= 0.3 is 5.97 Å². The molecule has 0 aromatic rings. The van der Waals surface area contributed by atoms with Crippen LogP contribution in [0.3, 0.4) is 0 Å².